The van der Waals surface area contributed by atoms with Gasteiger partial charge in [-0.3, -0.25) is 4.79 Å². The molecule has 0 atom stereocenters. The van der Waals surface area contributed by atoms with Crippen LogP contribution in [0.3, 0.4) is 0 Å². The summed E-state index contributed by atoms with van der Waals surface area (Å²) in [6.07, 6.45) is 3.36. The van der Waals surface area contributed by atoms with Crippen LogP contribution in [-0.2, 0) is 14.8 Å². The lowest BCUT2D eigenvalue weighted by Gasteiger charge is -2.30. The van der Waals surface area contributed by atoms with Crippen molar-refractivity contribution < 1.29 is 23.1 Å². The molecular formula is C17H22N2O5S. The first-order chi connectivity index (χ1) is 11.9. The third-order valence-electron chi connectivity index (χ3n) is 4.21. The van der Waals surface area contributed by atoms with Crippen LogP contribution in [0.2, 0.25) is 0 Å². The first-order valence-corrected chi connectivity index (χ1v) is 9.52. The number of sulfonamides is 1. The SMILES string of the molecule is C=CCCNC(=O)C1CCN(S(=O)(=O)c2ccc(C(=O)O)cc2)CC1. The van der Waals surface area contributed by atoms with Gasteiger partial charge in [-0.05, 0) is 43.5 Å². The zero-order chi connectivity index (χ0) is 18.4. The summed E-state index contributed by atoms with van der Waals surface area (Å²) in [6.45, 7) is 4.66. The summed E-state index contributed by atoms with van der Waals surface area (Å²) < 4.78 is 26.6. The molecular weight excluding hydrogens is 344 g/mol. The molecule has 25 heavy (non-hydrogen) atoms. The van der Waals surface area contributed by atoms with Gasteiger partial charge in [0.15, 0.2) is 0 Å². The maximum Gasteiger partial charge on any atom is 0.335 e. The van der Waals surface area contributed by atoms with Crippen molar-refractivity contribution in [3.63, 3.8) is 0 Å². The molecule has 0 spiro atoms. The van der Waals surface area contributed by atoms with Crippen LogP contribution in [-0.4, -0.2) is 49.3 Å². The fourth-order valence-electron chi connectivity index (χ4n) is 2.72. The number of aromatic carboxylic acids is 1. The Morgan fingerprint density at radius 3 is 2.36 bits per heavy atom. The fraction of sp³-hybridized carbons (Fsp3) is 0.412. The first-order valence-electron chi connectivity index (χ1n) is 8.08. The molecule has 1 fully saturated rings. The number of hydrogen-bond acceptors (Lipinski definition) is 4. The minimum absolute atomic E-state index is 0.0360. The van der Waals surface area contributed by atoms with Crippen molar-refractivity contribution in [3.05, 3.63) is 42.5 Å². The maximum absolute atomic E-state index is 12.6. The number of carboxylic acids is 1. The number of nitrogens with one attached hydrogen (secondary N) is 1. The number of nitrogens with zero attached hydrogens (tertiary/aromatic N) is 1. The van der Waals surface area contributed by atoms with E-state index < -0.39 is 16.0 Å². The second-order valence-corrected chi connectivity index (χ2v) is 7.81. The van der Waals surface area contributed by atoms with Crippen LogP contribution in [0.25, 0.3) is 0 Å². The number of piperidine rings is 1. The Bertz CT molecular complexity index is 735. The second kappa shape index (κ2) is 8.26. The van der Waals surface area contributed by atoms with Crippen LogP contribution in [0.5, 0.6) is 0 Å². The topological polar surface area (TPSA) is 104 Å². The highest BCUT2D eigenvalue weighted by molar-refractivity contribution is 7.89. The van der Waals surface area contributed by atoms with Gasteiger partial charge in [0.1, 0.15) is 0 Å². The Balaban J connectivity index is 1.97. The molecule has 1 heterocycles. The Hall–Kier alpha value is -2.19. The van der Waals surface area contributed by atoms with Gasteiger partial charge in [-0.2, -0.15) is 4.31 Å². The van der Waals surface area contributed by atoms with Gasteiger partial charge in [0.2, 0.25) is 15.9 Å². The van der Waals surface area contributed by atoms with E-state index in [1.54, 1.807) is 6.08 Å². The van der Waals surface area contributed by atoms with E-state index in [9.17, 15) is 18.0 Å². The van der Waals surface area contributed by atoms with Gasteiger partial charge in [-0.25, -0.2) is 13.2 Å². The maximum atomic E-state index is 12.6. The van der Waals surface area contributed by atoms with E-state index in [0.29, 0.717) is 25.8 Å². The highest BCUT2D eigenvalue weighted by Gasteiger charge is 2.32. The Morgan fingerprint density at radius 2 is 1.84 bits per heavy atom. The molecule has 7 nitrogen and oxygen atoms in total. The third kappa shape index (κ3) is 4.67. The lowest BCUT2D eigenvalue weighted by molar-refractivity contribution is -0.126. The standard InChI is InChI=1S/C17H22N2O5S/c1-2-3-10-18-16(20)13-8-11-19(12-9-13)25(23,24)15-6-4-14(5-7-15)17(21)22/h2,4-7,13H,1,3,8-12H2,(H,18,20)(H,21,22). The van der Waals surface area contributed by atoms with E-state index in [0.717, 1.165) is 0 Å². The van der Waals surface area contributed by atoms with Crippen LogP contribution >= 0.6 is 0 Å². The molecule has 1 aromatic rings. The summed E-state index contributed by atoms with van der Waals surface area (Å²) in [7, 11) is -3.68. The van der Waals surface area contributed by atoms with Crippen LogP contribution in [0.1, 0.15) is 29.6 Å². The third-order valence-corrected chi connectivity index (χ3v) is 6.12. The van der Waals surface area contributed by atoms with Crippen molar-refractivity contribution in [1.82, 2.24) is 9.62 Å². The molecule has 0 saturated carbocycles. The largest absolute Gasteiger partial charge is 0.478 e. The Labute approximate surface area is 147 Å². The predicted octanol–water partition coefficient (Wildman–Crippen LogP) is 1.48. The van der Waals surface area contributed by atoms with Gasteiger partial charge in [0, 0.05) is 25.6 Å². The summed E-state index contributed by atoms with van der Waals surface area (Å²) in [5, 5.41) is 11.7. The number of hydrogen-bond donors (Lipinski definition) is 2. The highest BCUT2D eigenvalue weighted by atomic mass is 32.2. The van der Waals surface area contributed by atoms with Gasteiger partial charge in [-0.1, -0.05) is 6.08 Å². The van der Waals surface area contributed by atoms with Crippen molar-refractivity contribution >= 4 is 21.9 Å². The molecule has 0 aromatic heterocycles. The van der Waals surface area contributed by atoms with Crippen LogP contribution in [0.15, 0.2) is 41.8 Å². The molecule has 1 aromatic carbocycles. The Kier molecular flexibility index (Phi) is 6.33. The zero-order valence-electron chi connectivity index (χ0n) is 13.8. The number of rotatable bonds is 7. The van der Waals surface area contributed by atoms with E-state index in [-0.39, 0.29) is 35.4 Å². The van der Waals surface area contributed by atoms with Gasteiger partial charge >= 0.3 is 5.97 Å². The predicted molar refractivity (Wildman–Crippen MR) is 92.7 cm³/mol. The number of carboxylic acid groups (broad SMARTS) is 1. The van der Waals surface area contributed by atoms with Gasteiger partial charge in [-0.15, -0.1) is 6.58 Å². The molecule has 1 aliphatic heterocycles. The quantitative estimate of drug-likeness (QED) is 0.562. The molecule has 136 valence electrons. The molecule has 0 bridgehead atoms. The van der Waals surface area contributed by atoms with E-state index in [1.165, 1.54) is 28.6 Å². The van der Waals surface area contributed by atoms with Crippen molar-refractivity contribution in [2.75, 3.05) is 19.6 Å². The lowest BCUT2D eigenvalue weighted by Crippen LogP contribution is -2.43. The van der Waals surface area contributed by atoms with E-state index in [1.807, 2.05) is 0 Å². The summed E-state index contributed by atoms with van der Waals surface area (Å²) in [6, 6.07) is 5.14. The average molecular weight is 366 g/mol. The molecule has 2 N–H and O–H groups in total. The van der Waals surface area contributed by atoms with Crippen molar-refractivity contribution in [2.45, 2.75) is 24.2 Å². The lowest BCUT2D eigenvalue weighted by atomic mass is 9.97. The minimum atomic E-state index is -3.68. The monoisotopic (exact) mass is 366 g/mol. The van der Waals surface area contributed by atoms with E-state index in [4.69, 9.17) is 5.11 Å². The zero-order valence-corrected chi connectivity index (χ0v) is 14.7. The number of benzene rings is 1. The van der Waals surface area contributed by atoms with Gasteiger partial charge in [0.05, 0.1) is 10.5 Å². The molecule has 1 aliphatic rings. The highest BCUT2D eigenvalue weighted by Crippen LogP contribution is 2.24. The van der Waals surface area contributed by atoms with Crippen LogP contribution < -0.4 is 5.32 Å². The number of carbonyl (C=O) groups is 2. The smallest absolute Gasteiger partial charge is 0.335 e. The number of carbonyl (C=O) groups excluding carboxylic acids is 1. The fourth-order valence-corrected chi connectivity index (χ4v) is 4.19. The normalized spacial score (nSPS) is 16.3. The molecule has 1 saturated heterocycles. The summed E-state index contributed by atoms with van der Waals surface area (Å²) >= 11 is 0. The average Bonchev–Trinajstić information content (AvgIpc) is 2.62. The van der Waals surface area contributed by atoms with Gasteiger partial charge in [0.25, 0.3) is 0 Å². The first kappa shape index (κ1) is 19.1. The van der Waals surface area contributed by atoms with Crippen LogP contribution in [0, 0.1) is 5.92 Å². The van der Waals surface area contributed by atoms with E-state index in [2.05, 4.69) is 11.9 Å². The van der Waals surface area contributed by atoms with Crippen LogP contribution in [0.4, 0.5) is 0 Å². The molecule has 0 aliphatic carbocycles. The van der Waals surface area contributed by atoms with Crippen molar-refractivity contribution in [2.24, 2.45) is 5.92 Å². The summed E-state index contributed by atoms with van der Waals surface area (Å²) in [5.41, 5.74) is 0.0360. The van der Waals surface area contributed by atoms with Gasteiger partial charge < -0.3 is 10.4 Å². The van der Waals surface area contributed by atoms with E-state index >= 15 is 0 Å². The summed E-state index contributed by atoms with van der Waals surface area (Å²) in [5.74, 6) is -1.34. The minimum Gasteiger partial charge on any atom is -0.478 e. The molecule has 0 unspecified atom stereocenters. The number of amides is 1. The molecule has 0 radical (unpaired) electrons. The molecule has 1 amide bonds. The van der Waals surface area contributed by atoms with Crippen molar-refractivity contribution in [1.29, 1.82) is 0 Å². The Morgan fingerprint density at radius 1 is 1.24 bits per heavy atom. The molecule has 2 rings (SSSR count). The summed E-state index contributed by atoms with van der Waals surface area (Å²) in [4.78, 5) is 22.9. The van der Waals surface area contributed by atoms with Crippen molar-refractivity contribution in [3.8, 4) is 0 Å². The second-order valence-electron chi connectivity index (χ2n) is 5.88. The molecule has 8 heteroatoms.